The summed E-state index contributed by atoms with van der Waals surface area (Å²) in [5.41, 5.74) is 1.55. The Kier molecular flexibility index (Phi) is 3.79. The lowest BCUT2D eigenvalue weighted by atomic mass is 10.0. The fraction of sp³-hybridized carbons (Fsp3) is 0.222. The number of carbonyl (C=O) groups excluding carboxylic acids is 1. The highest BCUT2D eigenvalue weighted by Crippen LogP contribution is 2.17. The van der Waals surface area contributed by atoms with E-state index in [9.17, 15) is 14.9 Å². The van der Waals surface area contributed by atoms with Crippen molar-refractivity contribution in [1.29, 1.82) is 0 Å². The van der Waals surface area contributed by atoms with Gasteiger partial charge in [-0.05, 0) is 18.1 Å². The summed E-state index contributed by atoms with van der Waals surface area (Å²) in [6.07, 6.45) is 0.203. The van der Waals surface area contributed by atoms with Crippen molar-refractivity contribution in [3.8, 4) is 0 Å². The van der Waals surface area contributed by atoms with E-state index in [0.717, 1.165) is 11.1 Å². The molecule has 0 heterocycles. The van der Waals surface area contributed by atoms with Gasteiger partial charge in [-0.25, -0.2) is 0 Å². The van der Waals surface area contributed by atoms with Gasteiger partial charge < -0.3 is 0 Å². The maximum Gasteiger partial charge on any atom is 0.269 e. The van der Waals surface area contributed by atoms with Gasteiger partial charge in [0.25, 0.3) is 5.69 Å². The van der Waals surface area contributed by atoms with Gasteiger partial charge in [-0.1, -0.05) is 6.07 Å². The highest BCUT2D eigenvalue weighted by atomic mass is 79.9. The molecule has 1 N–H and O–H groups in total. The Balaban J connectivity index is 2.93. The van der Waals surface area contributed by atoms with Gasteiger partial charge in [0.2, 0.25) is 5.91 Å². The molecule has 0 atom stereocenters. The molecule has 1 rings (SSSR count). The van der Waals surface area contributed by atoms with Crippen molar-refractivity contribution < 1.29 is 9.72 Å². The number of benzene rings is 1. The number of hydrogen-bond acceptors (Lipinski definition) is 3. The second-order valence-corrected chi connectivity index (χ2v) is 3.46. The second kappa shape index (κ2) is 4.88. The van der Waals surface area contributed by atoms with Crippen molar-refractivity contribution >= 4 is 27.7 Å². The summed E-state index contributed by atoms with van der Waals surface area (Å²) in [6.45, 7) is 1.74. The lowest BCUT2D eigenvalue weighted by molar-refractivity contribution is -0.384. The van der Waals surface area contributed by atoms with E-state index in [1.165, 1.54) is 12.1 Å². The number of aryl methyl sites for hydroxylation is 1. The third-order valence-electron chi connectivity index (χ3n) is 1.99. The zero-order valence-electron chi connectivity index (χ0n) is 7.99. The Morgan fingerprint density at radius 1 is 1.60 bits per heavy atom. The average Bonchev–Trinajstić information content (AvgIpc) is 2.20. The third kappa shape index (κ3) is 3.02. The van der Waals surface area contributed by atoms with Gasteiger partial charge in [0, 0.05) is 28.3 Å². The molecule has 5 nitrogen and oxygen atoms in total. The molecule has 1 amide bonds. The lowest BCUT2D eigenvalue weighted by Crippen LogP contribution is -2.15. The predicted molar refractivity (Wildman–Crippen MR) is 58.6 cm³/mol. The summed E-state index contributed by atoms with van der Waals surface area (Å²) in [4.78, 5) is 21.1. The minimum absolute atomic E-state index is 0.0375. The topological polar surface area (TPSA) is 72.2 Å². The average molecular weight is 273 g/mol. The van der Waals surface area contributed by atoms with Crippen LogP contribution in [-0.4, -0.2) is 10.8 Å². The molecule has 0 radical (unpaired) electrons. The summed E-state index contributed by atoms with van der Waals surface area (Å²) in [7, 11) is 0. The molecule has 15 heavy (non-hydrogen) atoms. The molecule has 0 saturated carbocycles. The second-order valence-electron chi connectivity index (χ2n) is 3.06. The van der Waals surface area contributed by atoms with E-state index in [-0.39, 0.29) is 18.0 Å². The third-order valence-corrected chi connectivity index (χ3v) is 2.44. The van der Waals surface area contributed by atoms with E-state index >= 15 is 0 Å². The fourth-order valence-corrected chi connectivity index (χ4v) is 1.34. The number of non-ortho nitro benzene ring substituents is 1. The molecular formula is C9H9BrN2O3. The van der Waals surface area contributed by atoms with Crippen molar-refractivity contribution in [3.63, 3.8) is 0 Å². The van der Waals surface area contributed by atoms with Crippen LogP contribution in [0.25, 0.3) is 0 Å². The first kappa shape index (κ1) is 11.6. The van der Waals surface area contributed by atoms with E-state index < -0.39 is 4.92 Å². The highest BCUT2D eigenvalue weighted by Gasteiger charge is 2.10. The first-order chi connectivity index (χ1) is 7.04. The molecule has 0 fully saturated rings. The van der Waals surface area contributed by atoms with Crippen LogP contribution in [0.5, 0.6) is 0 Å². The van der Waals surface area contributed by atoms with Gasteiger partial charge in [-0.15, -0.1) is 0 Å². The minimum atomic E-state index is -0.457. The molecule has 1 aromatic rings. The van der Waals surface area contributed by atoms with Crippen molar-refractivity contribution in [2.75, 3.05) is 0 Å². The smallest absolute Gasteiger partial charge is 0.269 e. The molecule has 0 aliphatic carbocycles. The van der Waals surface area contributed by atoms with Crippen molar-refractivity contribution in [1.82, 2.24) is 4.34 Å². The van der Waals surface area contributed by atoms with Gasteiger partial charge in [-0.2, -0.15) is 0 Å². The van der Waals surface area contributed by atoms with Gasteiger partial charge in [0.05, 0.1) is 11.3 Å². The SMILES string of the molecule is Cc1cc([N+](=O)[O-])ccc1CC(=O)NBr. The van der Waals surface area contributed by atoms with E-state index in [2.05, 4.69) is 20.5 Å². The number of rotatable bonds is 3. The van der Waals surface area contributed by atoms with Crippen molar-refractivity contribution in [2.24, 2.45) is 0 Å². The summed E-state index contributed by atoms with van der Waals surface area (Å²) in [5, 5.41) is 10.5. The molecule has 6 heteroatoms. The maximum atomic E-state index is 11.1. The number of nitro benzene ring substituents is 1. The quantitative estimate of drug-likeness (QED) is 0.519. The monoisotopic (exact) mass is 272 g/mol. The largest absolute Gasteiger partial charge is 0.292 e. The molecule has 0 spiro atoms. The molecule has 0 aliphatic rings. The summed E-state index contributed by atoms with van der Waals surface area (Å²) in [5.74, 6) is -0.188. The Hall–Kier alpha value is -1.43. The number of hydrogen-bond donors (Lipinski definition) is 1. The molecule has 80 valence electrons. The van der Waals surface area contributed by atoms with E-state index in [1.54, 1.807) is 13.0 Å². The number of nitrogens with zero attached hydrogens (tertiary/aromatic N) is 1. The van der Waals surface area contributed by atoms with Gasteiger partial charge in [0.15, 0.2) is 0 Å². The number of halogens is 1. The van der Waals surface area contributed by atoms with Crippen LogP contribution < -0.4 is 4.34 Å². The Morgan fingerprint density at radius 2 is 2.27 bits per heavy atom. The molecular weight excluding hydrogens is 264 g/mol. The zero-order valence-corrected chi connectivity index (χ0v) is 9.58. The molecule has 0 unspecified atom stereocenters. The lowest BCUT2D eigenvalue weighted by Gasteiger charge is -2.03. The van der Waals surface area contributed by atoms with Gasteiger partial charge in [-0.3, -0.25) is 19.3 Å². The Labute approximate surface area is 95.0 Å². The first-order valence-electron chi connectivity index (χ1n) is 4.18. The Bertz CT molecular complexity index is 406. The van der Waals surface area contributed by atoms with Gasteiger partial charge >= 0.3 is 0 Å². The van der Waals surface area contributed by atoms with Crippen LogP contribution in [0.3, 0.4) is 0 Å². The van der Waals surface area contributed by atoms with E-state index in [4.69, 9.17) is 0 Å². The zero-order chi connectivity index (χ0) is 11.4. The fourth-order valence-electron chi connectivity index (χ4n) is 1.20. The van der Waals surface area contributed by atoms with Crippen LogP contribution in [0.4, 0.5) is 5.69 Å². The van der Waals surface area contributed by atoms with Crippen LogP contribution in [0.1, 0.15) is 11.1 Å². The molecule has 0 saturated heterocycles. The number of amides is 1. The van der Waals surface area contributed by atoms with E-state index in [1.807, 2.05) is 0 Å². The highest BCUT2D eigenvalue weighted by molar-refractivity contribution is 9.08. The van der Waals surface area contributed by atoms with E-state index in [0.29, 0.717) is 0 Å². The summed E-state index contributed by atoms with van der Waals surface area (Å²) < 4.78 is 2.32. The standard InChI is InChI=1S/C9H9BrN2O3/c1-6-4-8(12(14)15)3-2-7(6)5-9(13)11-10/h2-4H,5H2,1H3,(H,11,13). The molecule has 1 aromatic carbocycles. The molecule has 0 aliphatic heterocycles. The van der Waals surface area contributed by atoms with Crippen molar-refractivity contribution in [2.45, 2.75) is 13.3 Å². The van der Waals surface area contributed by atoms with Crippen LogP contribution in [0.2, 0.25) is 0 Å². The Morgan fingerprint density at radius 3 is 2.73 bits per heavy atom. The van der Waals surface area contributed by atoms with Gasteiger partial charge in [0.1, 0.15) is 0 Å². The number of carbonyl (C=O) groups is 1. The first-order valence-corrected chi connectivity index (χ1v) is 4.97. The molecule has 0 aromatic heterocycles. The number of nitro groups is 1. The number of nitrogens with one attached hydrogen (secondary N) is 1. The minimum Gasteiger partial charge on any atom is -0.292 e. The van der Waals surface area contributed by atoms with Crippen LogP contribution in [0.15, 0.2) is 18.2 Å². The summed E-state index contributed by atoms with van der Waals surface area (Å²) in [6, 6.07) is 4.44. The summed E-state index contributed by atoms with van der Waals surface area (Å²) >= 11 is 2.83. The van der Waals surface area contributed by atoms with Crippen molar-refractivity contribution in [3.05, 3.63) is 39.4 Å². The predicted octanol–water partition coefficient (Wildman–Crippen LogP) is 1.87. The van der Waals surface area contributed by atoms with Crippen LogP contribution in [-0.2, 0) is 11.2 Å². The van der Waals surface area contributed by atoms with Crippen LogP contribution >= 0.6 is 16.1 Å². The normalized spacial score (nSPS) is 9.73. The molecule has 0 bridgehead atoms. The van der Waals surface area contributed by atoms with Crippen LogP contribution in [0, 0.1) is 17.0 Å². The maximum absolute atomic E-state index is 11.1.